The van der Waals surface area contributed by atoms with Crippen LogP contribution in [-0.2, 0) is 6.54 Å². The minimum absolute atomic E-state index is 0.0330. The molecule has 0 aliphatic rings. The summed E-state index contributed by atoms with van der Waals surface area (Å²) in [5.74, 6) is 0. The normalized spacial score (nSPS) is 10.6. The first kappa shape index (κ1) is 14.0. The number of thioether (sulfide) groups is 1. The number of H-pyrrole nitrogens is 1. The molecule has 0 saturated heterocycles. The molecule has 1 heterocycles. The van der Waals surface area contributed by atoms with Crippen LogP contribution in [0.3, 0.4) is 0 Å². The topological polar surface area (TPSA) is 58.0 Å². The Kier molecular flexibility index (Phi) is 4.57. The van der Waals surface area contributed by atoms with Crippen molar-refractivity contribution in [3.63, 3.8) is 0 Å². The first-order valence-corrected chi connectivity index (χ1v) is 7.39. The van der Waals surface area contributed by atoms with E-state index in [-0.39, 0.29) is 12.2 Å². The van der Waals surface area contributed by atoms with Gasteiger partial charge in [0.25, 0.3) is 5.56 Å². The number of aliphatic hydroxyl groups excluding tert-OH is 1. The zero-order valence-electron chi connectivity index (χ0n) is 10.4. The van der Waals surface area contributed by atoms with Crippen LogP contribution in [-0.4, -0.2) is 27.5 Å². The first-order valence-electron chi connectivity index (χ1n) is 5.75. The van der Waals surface area contributed by atoms with Gasteiger partial charge in [-0.2, -0.15) is 0 Å². The molecule has 19 heavy (non-hydrogen) atoms. The molecule has 4 nitrogen and oxygen atoms in total. The summed E-state index contributed by atoms with van der Waals surface area (Å²) in [5.41, 5.74) is 1.44. The molecular formula is C13H14N2O2S2. The van der Waals surface area contributed by atoms with Gasteiger partial charge in [-0.3, -0.25) is 9.78 Å². The summed E-state index contributed by atoms with van der Waals surface area (Å²) >= 11 is 6.77. The molecule has 0 amide bonds. The zero-order valence-corrected chi connectivity index (χ0v) is 12.1. The van der Waals surface area contributed by atoms with Gasteiger partial charge in [0.05, 0.1) is 12.3 Å². The predicted molar refractivity (Wildman–Crippen MR) is 80.2 cm³/mol. The van der Waals surface area contributed by atoms with E-state index in [0.29, 0.717) is 11.3 Å². The van der Waals surface area contributed by atoms with E-state index in [4.69, 9.17) is 17.3 Å². The minimum Gasteiger partial charge on any atom is -0.395 e. The van der Waals surface area contributed by atoms with Crippen molar-refractivity contribution in [1.82, 2.24) is 9.55 Å². The molecule has 0 aliphatic carbocycles. The van der Waals surface area contributed by atoms with E-state index in [1.165, 1.54) is 6.07 Å². The van der Waals surface area contributed by atoms with E-state index >= 15 is 0 Å². The quantitative estimate of drug-likeness (QED) is 0.671. The lowest BCUT2D eigenvalue weighted by molar-refractivity contribution is 0.275. The van der Waals surface area contributed by atoms with Crippen molar-refractivity contribution in [2.75, 3.05) is 12.9 Å². The van der Waals surface area contributed by atoms with Gasteiger partial charge >= 0.3 is 0 Å². The van der Waals surface area contributed by atoms with Crippen LogP contribution in [0.15, 0.2) is 40.0 Å². The smallest absolute Gasteiger partial charge is 0.252 e. The Balaban J connectivity index is 2.73. The molecule has 6 heteroatoms. The monoisotopic (exact) mass is 294 g/mol. The van der Waals surface area contributed by atoms with Crippen molar-refractivity contribution in [2.24, 2.45) is 0 Å². The third-order valence-electron chi connectivity index (χ3n) is 2.74. The minimum atomic E-state index is -0.231. The highest BCUT2D eigenvalue weighted by molar-refractivity contribution is 7.98. The van der Waals surface area contributed by atoms with E-state index in [0.717, 1.165) is 16.2 Å². The van der Waals surface area contributed by atoms with Crippen LogP contribution in [0.1, 0.15) is 0 Å². The van der Waals surface area contributed by atoms with Gasteiger partial charge < -0.3 is 9.67 Å². The summed E-state index contributed by atoms with van der Waals surface area (Å²) in [5, 5.41) is 9.15. The van der Waals surface area contributed by atoms with Crippen molar-refractivity contribution in [3.8, 4) is 11.3 Å². The largest absolute Gasteiger partial charge is 0.395 e. The fourth-order valence-electron chi connectivity index (χ4n) is 1.92. The van der Waals surface area contributed by atoms with Gasteiger partial charge in [0.2, 0.25) is 0 Å². The Bertz CT molecular complexity index is 692. The van der Waals surface area contributed by atoms with Gasteiger partial charge in [0, 0.05) is 23.1 Å². The maximum atomic E-state index is 11.6. The Morgan fingerprint density at radius 1 is 1.42 bits per heavy atom. The average Bonchev–Trinajstić information content (AvgIpc) is 2.41. The molecule has 1 aromatic carbocycles. The van der Waals surface area contributed by atoms with Gasteiger partial charge in [-0.25, -0.2) is 0 Å². The lowest BCUT2D eigenvalue weighted by Gasteiger charge is -2.14. The van der Waals surface area contributed by atoms with Crippen molar-refractivity contribution >= 4 is 24.0 Å². The molecule has 0 unspecified atom stereocenters. The molecule has 1 aromatic heterocycles. The number of rotatable bonds is 4. The second-order valence-electron chi connectivity index (χ2n) is 3.90. The summed E-state index contributed by atoms with van der Waals surface area (Å²) in [6.07, 6.45) is 1.98. The molecule has 2 rings (SSSR count). The van der Waals surface area contributed by atoms with Gasteiger partial charge in [-0.05, 0) is 24.5 Å². The number of aromatic amines is 1. The van der Waals surface area contributed by atoms with Gasteiger partial charge in [0.15, 0.2) is 4.77 Å². The highest BCUT2D eigenvalue weighted by Gasteiger charge is 2.10. The summed E-state index contributed by atoms with van der Waals surface area (Å²) < 4.78 is 2.07. The number of aromatic nitrogens is 2. The maximum absolute atomic E-state index is 11.6. The van der Waals surface area contributed by atoms with Crippen LogP contribution < -0.4 is 5.56 Å². The van der Waals surface area contributed by atoms with Gasteiger partial charge in [-0.15, -0.1) is 11.8 Å². The lowest BCUT2D eigenvalue weighted by Crippen LogP contribution is -2.16. The molecule has 0 spiro atoms. The Hall–Kier alpha value is -1.37. The summed E-state index contributed by atoms with van der Waals surface area (Å²) in [4.78, 5) is 15.3. The van der Waals surface area contributed by atoms with Crippen molar-refractivity contribution in [2.45, 2.75) is 11.4 Å². The molecule has 0 bridgehead atoms. The van der Waals surface area contributed by atoms with Crippen LogP contribution >= 0.6 is 24.0 Å². The maximum Gasteiger partial charge on any atom is 0.252 e. The Labute approximate surface area is 120 Å². The number of hydrogen-bond acceptors (Lipinski definition) is 4. The fraction of sp³-hybridized carbons (Fsp3) is 0.231. The van der Waals surface area contributed by atoms with Crippen molar-refractivity contribution in [1.29, 1.82) is 0 Å². The van der Waals surface area contributed by atoms with E-state index in [1.54, 1.807) is 16.3 Å². The highest BCUT2D eigenvalue weighted by Crippen LogP contribution is 2.29. The van der Waals surface area contributed by atoms with E-state index < -0.39 is 0 Å². The third kappa shape index (κ3) is 2.97. The number of nitrogens with one attached hydrogen (secondary N) is 1. The number of nitrogens with zero attached hydrogens (tertiary/aromatic N) is 1. The summed E-state index contributed by atoms with van der Waals surface area (Å²) in [7, 11) is 0. The van der Waals surface area contributed by atoms with Gasteiger partial charge in [-0.1, -0.05) is 18.2 Å². The second-order valence-corrected chi connectivity index (χ2v) is 5.13. The predicted octanol–water partition coefficient (Wildman–Crippen LogP) is 2.29. The second kappa shape index (κ2) is 6.18. The van der Waals surface area contributed by atoms with Gasteiger partial charge in [0.1, 0.15) is 0 Å². The number of hydrogen-bond donors (Lipinski definition) is 2. The first-order chi connectivity index (χ1) is 9.17. The molecular weight excluding hydrogens is 280 g/mol. The van der Waals surface area contributed by atoms with E-state index in [1.807, 2.05) is 30.5 Å². The fourth-order valence-corrected chi connectivity index (χ4v) is 2.82. The zero-order chi connectivity index (χ0) is 13.8. The molecule has 0 fully saturated rings. The molecule has 0 radical (unpaired) electrons. The number of benzene rings is 1. The molecule has 2 N–H and O–H groups in total. The molecule has 0 saturated carbocycles. The van der Waals surface area contributed by atoms with Crippen LogP contribution in [0.4, 0.5) is 0 Å². The molecule has 0 atom stereocenters. The Morgan fingerprint density at radius 3 is 2.84 bits per heavy atom. The van der Waals surface area contributed by atoms with Crippen LogP contribution in [0.5, 0.6) is 0 Å². The van der Waals surface area contributed by atoms with Crippen molar-refractivity contribution in [3.05, 3.63) is 45.5 Å². The molecule has 0 aliphatic heterocycles. The standard InChI is InChI=1S/C13H14N2O2S2/c1-19-11-5-3-2-4-9(11)10-8-12(17)14-13(18)15(10)6-7-16/h2-5,8,16H,6-7H2,1H3,(H,14,17,18). The molecule has 100 valence electrons. The summed E-state index contributed by atoms with van der Waals surface area (Å²) in [6.45, 7) is 0.322. The lowest BCUT2D eigenvalue weighted by atomic mass is 10.1. The molecule has 2 aromatic rings. The summed E-state index contributed by atoms with van der Waals surface area (Å²) in [6, 6.07) is 9.33. The van der Waals surface area contributed by atoms with Crippen LogP contribution in [0, 0.1) is 4.77 Å². The number of aliphatic hydroxyl groups is 1. The Morgan fingerprint density at radius 2 is 2.16 bits per heavy atom. The highest BCUT2D eigenvalue weighted by atomic mass is 32.2. The third-order valence-corrected chi connectivity index (χ3v) is 3.86. The van der Waals surface area contributed by atoms with Crippen LogP contribution in [0.25, 0.3) is 11.3 Å². The van der Waals surface area contributed by atoms with Crippen LogP contribution in [0.2, 0.25) is 0 Å². The van der Waals surface area contributed by atoms with E-state index in [2.05, 4.69) is 4.98 Å². The average molecular weight is 294 g/mol. The SMILES string of the molecule is CSc1ccccc1-c1cc(=O)[nH]c(=S)n1CCO. The van der Waals surface area contributed by atoms with Crippen molar-refractivity contribution < 1.29 is 5.11 Å². The van der Waals surface area contributed by atoms with E-state index in [9.17, 15) is 4.79 Å².